The first-order valence-electron chi connectivity index (χ1n) is 4.49. The number of imidazole rings is 1. The van der Waals surface area contributed by atoms with Gasteiger partial charge >= 0.3 is 0 Å². The second kappa shape index (κ2) is 6.76. The molecule has 1 aromatic heterocycles. The fourth-order valence-corrected chi connectivity index (χ4v) is 1.01. The average molecular weight is 239 g/mol. The van der Waals surface area contributed by atoms with Gasteiger partial charge in [-0.3, -0.25) is 0 Å². The summed E-state index contributed by atoms with van der Waals surface area (Å²) < 4.78 is 36.2. The predicted molar refractivity (Wildman–Crippen MR) is 40.6 cm³/mol. The zero-order valence-corrected chi connectivity index (χ0v) is 9.49. The van der Waals surface area contributed by atoms with Crippen molar-refractivity contribution in [2.45, 2.75) is 33.2 Å². The molecule has 0 amide bonds. The fourth-order valence-electron chi connectivity index (χ4n) is 1.01. The van der Waals surface area contributed by atoms with Crippen LogP contribution in [0.5, 0.6) is 0 Å². The van der Waals surface area contributed by atoms with Gasteiger partial charge in [-0.25, -0.2) is 28.2 Å². The molecule has 1 N–H and O–H groups in total. The van der Waals surface area contributed by atoms with Crippen LogP contribution >= 0.6 is 0 Å². The highest BCUT2D eigenvalue weighted by Crippen LogP contribution is 1.88. The first-order chi connectivity index (χ1) is 6.84. The molecule has 0 aromatic carbocycles. The maximum Gasteiger partial charge on any atom is 0.251 e. The van der Waals surface area contributed by atoms with Gasteiger partial charge in [0.15, 0.2) is 0 Å². The molecule has 0 radical (unpaired) electrons. The Balaban J connectivity index is 0.000000336. The molecule has 6 nitrogen and oxygen atoms in total. The van der Waals surface area contributed by atoms with E-state index in [1.165, 1.54) is 18.7 Å². The first kappa shape index (κ1) is 14.3. The minimum absolute atomic E-state index is 1.14. The molecule has 15 heavy (non-hydrogen) atoms. The van der Waals surface area contributed by atoms with Crippen molar-refractivity contribution in [3.63, 3.8) is 0 Å². The van der Waals surface area contributed by atoms with Crippen molar-refractivity contribution < 1.29 is 33.4 Å². The van der Waals surface area contributed by atoms with Gasteiger partial charge < -0.3 is 0 Å². The Kier molecular flexibility index (Phi) is 6.46. The molecule has 7 heteroatoms. The van der Waals surface area contributed by atoms with Gasteiger partial charge in [-0.15, -0.1) is 10.2 Å². The molecule has 0 bridgehead atoms. The monoisotopic (exact) mass is 238 g/mol. The first-order valence-corrected chi connectivity index (χ1v) is 5.73. The lowest BCUT2D eigenvalue weighted by atomic mass is 10.3. The maximum atomic E-state index is 8.49. The van der Waals surface area contributed by atoms with Crippen LogP contribution in [-0.2, 0) is 6.54 Å². The van der Waals surface area contributed by atoms with E-state index >= 15 is 0 Å². The van der Waals surface area contributed by atoms with Gasteiger partial charge in [0.1, 0.15) is 12.4 Å². The van der Waals surface area contributed by atoms with Crippen LogP contribution in [0.4, 0.5) is 0 Å². The van der Waals surface area contributed by atoms with E-state index in [9.17, 15) is 0 Å². The van der Waals surface area contributed by atoms with E-state index in [2.05, 4.69) is 29.6 Å². The van der Waals surface area contributed by atoms with E-state index in [0.717, 1.165) is 6.54 Å². The van der Waals surface area contributed by atoms with Gasteiger partial charge in [0, 0.05) is 6.92 Å². The van der Waals surface area contributed by atoms with Gasteiger partial charge in [0.2, 0.25) is 0 Å². The number of nitrogens with one attached hydrogen (secondary N) is 1. The number of aromatic nitrogens is 2. The number of halogens is 1. The van der Waals surface area contributed by atoms with Crippen LogP contribution in [0.3, 0.4) is 0 Å². The summed E-state index contributed by atoms with van der Waals surface area (Å²) in [5.41, 5.74) is 0. The van der Waals surface area contributed by atoms with Crippen LogP contribution in [-0.4, -0.2) is 4.98 Å². The molecule has 0 saturated carbocycles. The molecular formula is C8H15ClN2O4. The van der Waals surface area contributed by atoms with Gasteiger partial charge in [-0.1, -0.05) is 13.3 Å². The quantitative estimate of drug-likeness (QED) is 0.555. The summed E-state index contributed by atoms with van der Waals surface area (Å²) >= 11 is 0. The second-order valence-corrected chi connectivity index (χ2v) is 3.73. The molecule has 1 rings (SSSR count). The van der Waals surface area contributed by atoms with Gasteiger partial charge in [0.05, 0.1) is 6.54 Å². The summed E-state index contributed by atoms with van der Waals surface area (Å²) in [6, 6.07) is 0. The Morgan fingerprint density at radius 2 is 1.87 bits per heavy atom. The number of H-pyrrole nitrogens is 1. The Hall–Kier alpha value is -0.660. The topological polar surface area (TPSA) is 112 Å². The molecule has 0 aliphatic heterocycles. The van der Waals surface area contributed by atoms with E-state index in [1.807, 2.05) is 6.20 Å². The molecule has 0 aliphatic rings. The third kappa shape index (κ3) is 9.64. The molecule has 0 spiro atoms. The molecular weight excluding hydrogens is 224 g/mol. The van der Waals surface area contributed by atoms with E-state index in [0.29, 0.717) is 0 Å². The largest absolute Gasteiger partial charge is 0.251 e. The molecule has 0 saturated heterocycles. The molecule has 1 aromatic rings. The number of unbranched alkanes of at least 4 members (excludes halogenated alkanes) is 1. The minimum Gasteiger partial charge on any atom is -0.248 e. The van der Waals surface area contributed by atoms with Crippen molar-refractivity contribution in [3.8, 4) is 0 Å². The number of aryl methyl sites for hydroxylation is 2. The summed E-state index contributed by atoms with van der Waals surface area (Å²) in [5.74, 6) is 1.24. The standard InChI is InChI=1S/C8H14N2.ClHO4/c1-3-4-6-10-7-5-9-8(10)2;2-1(3,4)5/h5,7H,3-4,6H2,1-2H3;(H,2,3,4,5). The predicted octanol–water partition coefficient (Wildman–Crippen LogP) is -3.35. The van der Waals surface area contributed by atoms with E-state index in [-0.39, 0.29) is 0 Å². The van der Waals surface area contributed by atoms with Gasteiger partial charge in [-0.05, 0) is 6.42 Å². The molecule has 0 aliphatic carbocycles. The van der Waals surface area contributed by atoms with Crippen LogP contribution in [0.15, 0.2) is 12.4 Å². The van der Waals surface area contributed by atoms with Crippen molar-refractivity contribution >= 4 is 0 Å². The van der Waals surface area contributed by atoms with Crippen LogP contribution in [0.25, 0.3) is 0 Å². The van der Waals surface area contributed by atoms with Crippen molar-refractivity contribution in [2.24, 2.45) is 0 Å². The zero-order chi connectivity index (χ0) is 11.9. The fraction of sp³-hybridized carbons (Fsp3) is 0.625. The summed E-state index contributed by atoms with van der Waals surface area (Å²) in [7, 11) is -4.94. The summed E-state index contributed by atoms with van der Waals surface area (Å²) in [4.78, 5) is 3.14. The lowest BCUT2D eigenvalue weighted by Crippen LogP contribution is -2.68. The number of hydrogen-bond acceptors (Lipinski definition) is 4. The van der Waals surface area contributed by atoms with Crippen molar-refractivity contribution in [1.82, 2.24) is 4.98 Å². The summed E-state index contributed by atoms with van der Waals surface area (Å²) in [6.07, 6.45) is 6.59. The van der Waals surface area contributed by atoms with Crippen LogP contribution < -0.4 is 23.2 Å². The Labute approximate surface area is 90.5 Å². The SMILES string of the molecule is CCCC[n+]1cc[nH]c1C.[O-][Cl+3]([O-])([O-])[O-]. The average Bonchev–Trinajstić information content (AvgIpc) is 2.45. The molecule has 0 unspecified atom stereocenters. The number of rotatable bonds is 3. The lowest BCUT2D eigenvalue weighted by Gasteiger charge is -2.17. The third-order valence-electron chi connectivity index (χ3n) is 1.73. The van der Waals surface area contributed by atoms with Crippen LogP contribution in [0, 0.1) is 17.2 Å². The number of hydrogen-bond donors (Lipinski definition) is 1. The molecule has 0 atom stereocenters. The van der Waals surface area contributed by atoms with Crippen LogP contribution in [0.2, 0.25) is 0 Å². The summed E-state index contributed by atoms with van der Waals surface area (Å²) in [5, 5.41) is 0. The van der Waals surface area contributed by atoms with Crippen molar-refractivity contribution in [3.05, 3.63) is 18.2 Å². The van der Waals surface area contributed by atoms with E-state index in [4.69, 9.17) is 18.6 Å². The van der Waals surface area contributed by atoms with Crippen LogP contribution in [0.1, 0.15) is 25.6 Å². The Bertz CT molecular complexity index is 266. The Morgan fingerprint density at radius 3 is 2.20 bits per heavy atom. The molecule has 0 fully saturated rings. The minimum atomic E-state index is -4.94. The maximum absolute atomic E-state index is 8.49. The van der Waals surface area contributed by atoms with Crippen molar-refractivity contribution in [1.29, 1.82) is 0 Å². The number of nitrogens with zero attached hydrogens (tertiary/aromatic N) is 1. The van der Waals surface area contributed by atoms with E-state index < -0.39 is 10.2 Å². The van der Waals surface area contributed by atoms with E-state index in [1.54, 1.807) is 0 Å². The zero-order valence-electron chi connectivity index (χ0n) is 8.73. The Morgan fingerprint density at radius 1 is 1.33 bits per heavy atom. The highest BCUT2D eigenvalue weighted by Gasteiger charge is 2.01. The second-order valence-electron chi connectivity index (χ2n) is 2.97. The highest BCUT2D eigenvalue weighted by molar-refractivity contribution is 4.70. The van der Waals surface area contributed by atoms with Gasteiger partial charge in [-0.2, -0.15) is 0 Å². The number of aromatic amines is 1. The molecule has 1 heterocycles. The summed E-state index contributed by atoms with van der Waals surface area (Å²) in [6.45, 7) is 5.45. The molecule has 88 valence electrons. The third-order valence-corrected chi connectivity index (χ3v) is 1.73. The van der Waals surface area contributed by atoms with Crippen molar-refractivity contribution in [2.75, 3.05) is 0 Å². The normalized spacial score (nSPS) is 10.8. The highest BCUT2D eigenvalue weighted by atomic mass is 35.7. The smallest absolute Gasteiger partial charge is 0.248 e. The lowest BCUT2D eigenvalue weighted by molar-refractivity contribution is -2.00. The van der Waals surface area contributed by atoms with Gasteiger partial charge in [0.25, 0.3) is 5.82 Å².